The number of halogens is 1. The van der Waals surface area contributed by atoms with E-state index in [1.54, 1.807) is 23.7 Å². The predicted molar refractivity (Wildman–Crippen MR) is 100 cm³/mol. The second kappa shape index (κ2) is 7.04. The molecule has 0 N–H and O–H groups in total. The van der Waals surface area contributed by atoms with Crippen molar-refractivity contribution in [3.8, 4) is 10.4 Å². The van der Waals surface area contributed by atoms with Crippen LogP contribution in [-0.4, -0.2) is 15.0 Å². The van der Waals surface area contributed by atoms with Gasteiger partial charge in [-0.15, -0.1) is 16.5 Å². The number of hydrogen-bond acceptors (Lipinski definition) is 6. The molecule has 0 radical (unpaired) electrons. The van der Waals surface area contributed by atoms with Gasteiger partial charge in [0.1, 0.15) is 6.33 Å². The molecule has 0 aliphatic rings. The third-order valence-corrected chi connectivity index (χ3v) is 5.06. The summed E-state index contributed by atoms with van der Waals surface area (Å²) in [5, 5.41) is 9.23. The first-order chi connectivity index (χ1) is 12.3. The Bertz CT molecular complexity index is 1050. The first-order valence-corrected chi connectivity index (χ1v) is 8.76. The van der Waals surface area contributed by atoms with Crippen molar-refractivity contribution < 1.29 is 0 Å². The molecule has 122 valence electrons. The monoisotopic (exact) mass is 365 g/mol. The Morgan fingerprint density at radius 1 is 1.08 bits per heavy atom. The van der Waals surface area contributed by atoms with E-state index in [1.165, 1.54) is 6.33 Å². The lowest BCUT2D eigenvalue weighted by molar-refractivity contribution is 0.939. The summed E-state index contributed by atoms with van der Waals surface area (Å²) in [7, 11) is 0. The van der Waals surface area contributed by atoms with Crippen molar-refractivity contribution in [2.45, 2.75) is 6.54 Å². The fourth-order valence-electron chi connectivity index (χ4n) is 2.38. The molecule has 4 rings (SSSR count). The summed E-state index contributed by atoms with van der Waals surface area (Å²) < 4.78 is 0.896. The molecule has 4 aromatic rings. The largest absolute Gasteiger partial charge is 0.264 e. The van der Waals surface area contributed by atoms with E-state index in [0.717, 1.165) is 26.2 Å². The van der Waals surface area contributed by atoms with Crippen molar-refractivity contribution in [2.75, 3.05) is 0 Å². The first-order valence-electron chi connectivity index (χ1n) is 7.57. The SMILES string of the molecule is Clc1ccccc1-c1cc2ncnc(N=NCc3cccnc3)c2s1. The Labute approximate surface area is 153 Å². The third kappa shape index (κ3) is 3.40. The number of rotatable bonds is 4. The highest BCUT2D eigenvalue weighted by Crippen LogP contribution is 2.39. The van der Waals surface area contributed by atoms with Gasteiger partial charge in [0.05, 0.1) is 16.8 Å². The van der Waals surface area contributed by atoms with Gasteiger partial charge in [-0.1, -0.05) is 35.9 Å². The van der Waals surface area contributed by atoms with Crippen LogP contribution in [0.15, 0.2) is 71.4 Å². The Morgan fingerprint density at radius 3 is 2.84 bits per heavy atom. The highest BCUT2D eigenvalue weighted by Gasteiger charge is 2.11. The molecule has 0 aliphatic heterocycles. The van der Waals surface area contributed by atoms with Gasteiger partial charge in [0, 0.05) is 27.9 Å². The van der Waals surface area contributed by atoms with Crippen molar-refractivity contribution in [2.24, 2.45) is 10.2 Å². The minimum absolute atomic E-state index is 0.460. The van der Waals surface area contributed by atoms with Crippen LogP contribution in [0.2, 0.25) is 5.02 Å². The fourth-order valence-corrected chi connectivity index (χ4v) is 3.76. The van der Waals surface area contributed by atoms with Gasteiger partial charge in [0.15, 0.2) is 5.82 Å². The quantitative estimate of drug-likeness (QED) is 0.436. The zero-order valence-corrected chi connectivity index (χ0v) is 14.6. The van der Waals surface area contributed by atoms with Crippen LogP contribution < -0.4 is 0 Å². The molecule has 5 nitrogen and oxygen atoms in total. The highest BCUT2D eigenvalue weighted by atomic mass is 35.5. The lowest BCUT2D eigenvalue weighted by Gasteiger charge is -1.98. The maximum Gasteiger partial charge on any atom is 0.195 e. The minimum atomic E-state index is 0.460. The van der Waals surface area contributed by atoms with E-state index in [4.69, 9.17) is 11.6 Å². The van der Waals surface area contributed by atoms with Gasteiger partial charge in [0.2, 0.25) is 0 Å². The summed E-state index contributed by atoms with van der Waals surface area (Å²) >= 11 is 7.86. The first kappa shape index (κ1) is 15.8. The molecule has 3 aromatic heterocycles. The number of aromatic nitrogens is 3. The van der Waals surface area contributed by atoms with E-state index in [9.17, 15) is 0 Å². The van der Waals surface area contributed by atoms with Gasteiger partial charge >= 0.3 is 0 Å². The Morgan fingerprint density at radius 2 is 2.00 bits per heavy atom. The molecule has 0 fully saturated rings. The van der Waals surface area contributed by atoms with E-state index in [1.807, 2.05) is 42.5 Å². The smallest absolute Gasteiger partial charge is 0.195 e. The van der Waals surface area contributed by atoms with Crippen LogP contribution in [-0.2, 0) is 6.54 Å². The van der Waals surface area contributed by atoms with Gasteiger partial charge in [-0.05, 0) is 23.8 Å². The molecule has 3 heterocycles. The predicted octanol–water partition coefficient (Wildman–Crippen LogP) is 5.69. The van der Waals surface area contributed by atoms with Gasteiger partial charge in [-0.2, -0.15) is 5.11 Å². The van der Waals surface area contributed by atoms with E-state index < -0.39 is 0 Å². The summed E-state index contributed by atoms with van der Waals surface area (Å²) in [5.74, 6) is 0.567. The fraction of sp³-hybridized carbons (Fsp3) is 0.0556. The Kier molecular flexibility index (Phi) is 4.45. The summed E-state index contributed by atoms with van der Waals surface area (Å²) in [6, 6.07) is 13.6. The topological polar surface area (TPSA) is 63.4 Å². The number of thiophene rings is 1. The van der Waals surface area contributed by atoms with Crippen LogP contribution in [0, 0.1) is 0 Å². The normalized spacial score (nSPS) is 11.4. The molecule has 0 unspecified atom stereocenters. The van der Waals surface area contributed by atoms with E-state index in [2.05, 4.69) is 25.2 Å². The van der Waals surface area contributed by atoms with Gasteiger partial charge in [-0.25, -0.2) is 9.97 Å². The second-order valence-electron chi connectivity index (χ2n) is 5.26. The molecule has 1 aromatic carbocycles. The molecular weight excluding hydrogens is 354 g/mol. The van der Waals surface area contributed by atoms with Crippen molar-refractivity contribution >= 4 is 39.0 Å². The van der Waals surface area contributed by atoms with Crippen LogP contribution in [0.1, 0.15) is 5.56 Å². The highest BCUT2D eigenvalue weighted by molar-refractivity contribution is 7.22. The van der Waals surface area contributed by atoms with Crippen molar-refractivity contribution in [3.05, 3.63) is 71.8 Å². The lowest BCUT2D eigenvalue weighted by Crippen LogP contribution is -1.81. The molecule has 0 saturated heterocycles. The average molecular weight is 366 g/mol. The van der Waals surface area contributed by atoms with Crippen LogP contribution in [0.3, 0.4) is 0 Å². The van der Waals surface area contributed by atoms with Crippen LogP contribution in [0.25, 0.3) is 20.7 Å². The van der Waals surface area contributed by atoms with Crippen LogP contribution >= 0.6 is 22.9 Å². The molecule has 0 saturated carbocycles. The molecule has 25 heavy (non-hydrogen) atoms. The Hall–Kier alpha value is -2.70. The van der Waals surface area contributed by atoms with Gasteiger partial charge < -0.3 is 0 Å². The second-order valence-corrected chi connectivity index (χ2v) is 6.72. The lowest BCUT2D eigenvalue weighted by atomic mass is 10.2. The summed E-state index contributed by atoms with van der Waals surface area (Å²) in [4.78, 5) is 13.7. The zero-order valence-electron chi connectivity index (χ0n) is 13.0. The summed E-state index contributed by atoms with van der Waals surface area (Å²) in [5.41, 5.74) is 2.81. The Balaban J connectivity index is 1.67. The number of pyridine rings is 1. The van der Waals surface area contributed by atoms with Crippen LogP contribution in [0.4, 0.5) is 5.82 Å². The minimum Gasteiger partial charge on any atom is -0.264 e. The zero-order chi connectivity index (χ0) is 17.1. The number of azo groups is 1. The summed E-state index contributed by atoms with van der Waals surface area (Å²) in [6.07, 6.45) is 5.01. The molecule has 0 spiro atoms. The standard InChI is InChI=1S/C18H12ClN5S/c19-14-6-2-1-5-13(14)16-8-15-17(25-16)18(22-11-21-15)24-23-10-12-4-3-7-20-9-12/h1-9,11H,10H2. The van der Waals surface area contributed by atoms with E-state index >= 15 is 0 Å². The molecule has 0 amide bonds. The van der Waals surface area contributed by atoms with Crippen molar-refractivity contribution in [1.82, 2.24) is 15.0 Å². The van der Waals surface area contributed by atoms with E-state index in [-0.39, 0.29) is 0 Å². The summed E-state index contributed by atoms with van der Waals surface area (Å²) in [6.45, 7) is 0.460. The molecule has 0 bridgehead atoms. The van der Waals surface area contributed by atoms with E-state index in [0.29, 0.717) is 17.4 Å². The van der Waals surface area contributed by atoms with Gasteiger partial charge in [0.25, 0.3) is 0 Å². The number of fused-ring (bicyclic) bond motifs is 1. The average Bonchev–Trinajstić information content (AvgIpc) is 3.08. The number of hydrogen-bond donors (Lipinski definition) is 0. The third-order valence-electron chi connectivity index (χ3n) is 3.57. The maximum atomic E-state index is 6.30. The van der Waals surface area contributed by atoms with Crippen molar-refractivity contribution in [1.29, 1.82) is 0 Å². The molecule has 7 heteroatoms. The number of benzene rings is 1. The number of nitrogens with zero attached hydrogens (tertiary/aromatic N) is 5. The van der Waals surface area contributed by atoms with Crippen molar-refractivity contribution in [3.63, 3.8) is 0 Å². The molecule has 0 atom stereocenters. The molecule has 0 aliphatic carbocycles. The van der Waals surface area contributed by atoms with Gasteiger partial charge in [-0.3, -0.25) is 4.98 Å². The van der Waals surface area contributed by atoms with Crippen LogP contribution in [0.5, 0.6) is 0 Å². The maximum absolute atomic E-state index is 6.30. The molecular formula is C18H12ClN5S.